The lowest BCUT2D eigenvalue weighted by molar-refractivity contribution is -0.130. The molecular weight excluding hydrogens is 408 g/mol. The summed E-state index contributed by atoms with van der Waals surface area (Å²) in [6, 6.07) is 3.56. The Bertz CT molecular complexity index is 1110. The zero-order valence-corrected chi connectivity index (χ0v) is 18.1. The van der Waals surface area contributed by atoms with Crippen molar-refractivity contribution in [3.8, 4) is 0 Å². The minimum absolute atomic E-state index is 0.0120. The van der Waals surface area contributed by atoms with E-state index in [9.17, 15) is 9.59 Å². The molecule has 0 aliphatic heterocycles. The molecule has 0 bridgehead atoms. The average molecular weight is 431 g/mol. The number of halogens is 1. The third kappa shape index (κ3) is 4.36. The molecule has 0 fully saturated rings. The maximum atomic E-state index is 12.7. The van der Waals surface area contributed by atoms with Gasteiger partial charge in [-0.25, -0.2) is 9.97 Å². The predicted octanol–water partition coefficient (Wildman–Crippen LogP) is 3.75. The normalized spacial score (nSPS) is 16.0. The van der Waals surface area contributed by atoms with Gasteiger partial charge < -0.3 is 9.88 Å². The number of H-pyrrole nitrogens is 1. The van der Waals surface area contributed by atoms with Crippen molar-refractivity contribution in [3.63, 3.8) is 0 Å². The monoisotopic (exact) mass is 430 g/mol. The number of nitrogens with one attached hydrogen (secondary N) is 1. The molecule has 0 saturated carbocycles. The maximum absolute atomic E-state index is 12.7. The molecule has 29 heavy (non-hydrogen) atoms. The molecule has 1 unspecified atom stereocenters. The smallest absolute Gasteiger partial charge is 0.259 e. The number of carbonyl (C=O) groups is 1. The average Bonchev–Trinajstić information content (AvgIpc) is 3.05. The van der Waals surface area contributed by atoms with Crippen molar-refractivity contribution < 1.29 is 4.79 Å². The van der Waals surface area contributed by atoms with Gasteiger partial charge >= 0.3 is 0 Å². The van der Waals surface area contributed by atoms with E-state index >= 15 is 0 Å². The summed E-state index contributed by atoms with van der Waals surface area (Å²) in [4.78, 5) is 40.5. The predicted molar refractivity (Wildman–Crippen MR) is 115 cm³/mol. The molecule has 1 aliphatic carbocycles. The number of aryl methyl sites for hydroxylation is 2. The van der Waals surface area contributed by atoms with Crippen molar-refractivity contribution in [2.24, 2.45) is 5.92 Å². The topological polar surface area (TPSA) is 79.0 Å². The molecule has 3 heterocycles. The lowest BCUT2D eigenvalue weighted by atomic mass is 9.89. The third-order valence-electron chi connectivity index (χ3n) is 5.42. The summed E-state index contributed by atoms with van der Waals surface area (Å²) in [5, 5.41) is 1.18. The summed E-state index contributed by atoms with van der Waals surface area (Å²) in [7, 11) is 1.75. The number of rotatable bonds is 5. The van der Waals surface area contributed by atoms with Gasteiger partial charge in [0.1, 0.15) is 15.8 Å². The fraction of sp³-hybridized carbons (Fsp3) is 0.429. The summed E-state index contributed by atoms with van der Waals surface area (Å²) in [6.07, 6.45) is 5.44. The fourth-order valence-electron chi connectivity index (χ4n) is 3.79. The fourth-order valence-corrected chi connectivity index (χ4v) is 5.30. The number of amides is 1. The van der Waals surface area contributed by atoms with Crippen LogP contribution >= 0.6 is 22.9 Å². The zero-order chi connectivity index (χ0) is 20.5. The molecule has 152 valence electrons. The highest BCUT2D eigenvalue weighted by Gasteiger charge is 2.23. The number of pyridine rings is 1. The summed E-state index contributed by atoms with van der Waals surface area (Å²) < 4.78 is 0. The largest absolute Gasteiger partial charge is 0.341 e. The highest BCUT2D eigenvalue weighted by molar-refractivity contribution is 7.18. The number of hydrogen-bond donors (Lipinski definition) is 1. The third-order valence-corrected chi connectivity index (χ3v) is 6.80. The molecule has 0 aromatic carbocycles. The molecule has 3 aromatic heterocycles. The molecule has 1 aliphatic rings. The highest BCUT2D eigenvalue weighted by atomic mass is 35.5. The second kappa shape index (κ2) is 8.24. The van der Waals surface area contributed by atoms with E-state index < -0.39 is 0 Å². The van der Waals surface area contributed by atoms with Gasteiger partial charge in [0.25, 0.3) is 5.56 Å². The van der Waals surface area contributed by atoms with E-state index in [1.165, 1.54) is 10.4 Å². The highest BCUT2D eigenvalue weighted by Crippen LogP contribution is 2.35. The first kappa shape index (κ1) is 20.0. The molecule has 0 radical (unpaired) electrons. The van der Waals surface area contributed by atoms with Crippen LogP contribution in [0.4, 0.5) is 0 Å². The van der Waals surface area contributed by atoms with Crippen LogP contribution in [-0.2, 0) is 30.6 Å². The van der Waals surface area contributed by atoms with Crippen LogP contribution in [0.25, 0.3) is 10.2 Å². The summed E-state index contributed by atoms with van der Waals surface area (Å²) in [5.74, 6) is 1.21. The molecule has 0 saturated heterocycles. The summed E-state index contributed by atoms with van der Waals surface area (Å²) in [5.41, 5.74) is 2.01. The van der Waals surface area contributed by atoms with Crippen LogP contribution in [0, 0.1) is 5.92 Å². The van der Waals surface area contributed by atoms with Gasteiger partial charge in [-0.15, -0.1) is 11.3 Å². The molecular formula is C21H23ClN4O2S. The van der Waals surface area contributed by atoms with Crippen LogP contribution in [0.15, 0.2) is 23.1 Å². The minimum atomic E-state index is -0.0786. The van der Waals surface area contributed by atoms with Crippen LogP contribution in [-0.4, -0.2) is 32.8 Å². The van der Waals surface area contributed by atoms with E-state index in [1.807, 2.05) is 6.07 Å². The molecule has 1 amide bonds. The van der Waals surface area contributed by atoms with Crippen molar-refractivity contribution in [3.05, 3.63) is 55.7 Å². The Balaban J connectivity index is 1.44. The van der Waals surface area contributed by atoms with Gasteiger partial charge in [0, 0.05) is 37.5 Å². The molecule has 1 atom stereocenters. The standard InChI is InChI=1S/C21H23ClN4O2S/c1-12-3-5-14-15(9-12)29-21-19(14)20(28)24-17(25-21)7-8-18(27)26(2)11-13-4-6-16(22)23-10-13/h4,6,10,12H,3,5,7-9,11H2,1-2H3,(H,24,25,28). The summed E-state index contributed by atoms with van der Waals surface area (Å²) >= 11 is 7.43. The Hall–Kier alpha value is -2.25. The second-order valence-electron chi connectivity index (χ2n) is 7.78. The van der Waals surface area contributed by atoms with E-state index in [0.29, 0.717) is 29.9 Å². The number of carbonyl (C=O) groups excluding carboxylic acids is 1. The van der Waals surface area contributed by atoms with Crippen molar-refractivity contribution in [1.29, 1.82) is 0 Å². The lowest BCUT2D eigenvalue weighted by Crippen LogP contribution is -2.27. The van der Waals surface area contributed by atoms with E-state index in [-0.39, 0.29) is 17.9 Å². The first-order valence-corrected chi connectivity index (χ1v) is 11.0. The van der Waals surface area contributed by atoms with Gasteiger partial charge in [0.15, 0.2) is 0 Å². The van der Waals surface area contributed by atoms with E-state index in [4.69, 9.17) is 11.6 Å². The summed E-state index contributed by atoms with van der Waals surface area (Å²) in [6.45, 7) is 2.71. The molecule has 1 N–H and O–H groups in total. The van der Waals surface area contributed by atoms with E-state index in [1.54, 1.807) is 35.5 Å². The first-order valence-electron chi connectivity index (χ1n) is 9.78. The lowest BCUT2D eigenvalue weighted by Gasteiger charge is -2.17. The quantitative estimate of drug-likeness (QED) is 0.625. The van der Waals surface area contributed by atoms with Crippen LogP contribution in [0.1, 0.15) is 41.6 Å². The van der Waals surface area contributed by atoms with Crippen LogP contribution in [0.5, 0.6) is 0 Å². The van der Waals surface area contributed by atoms with Crippen molar-refractivity contribution in [2.45, 2.75) is 45.6 Å². The Morgan fingerprint density at radius 3 is 3.00 bits per heavy atom. The van der Waals surface area contributed by atoms with Gasteiger partial charge in [-0.1, -0.05) is 24.6 Å². The van der Waals surface area contributed by atoms with Crippen molar-refractivity contribution in [2.75, 3.05) is 7.05 Å². The number of thiophene rings is 1. The zero-order valence-electron chi connectivity index (χ0n) is 16.5. The number of hydrogen-bond acceptors (Lipinski definition) is 5. The van der Waals surface area contributed by atoms with Crippen LogP contribution in [0.2, 0.25) is 5.15 Å². The van der Waals surface area contributed by atoms with Crippen LogP contribution in [0.3, 0.4) is 0 Å². The minimum Gasteiger partial charge on any atom is -0.341 e. The van der Waals surface area contributed by atoms with Gasteiger partial charge in [0.05, 0.1) is 5.39 Å². The van der Waals surface area contributed by atoms with Gasteiger partial charge in [-0.3, -0.25) is 9.59 Å². The van der Waals surface area contributed by atoms with Crippen LogP contribution < -0.4 is 5.56 Å². The first-order chi connectivity index (χ1) is 13.9. The Labute approximate surface area is 177 Å². The Morgan fingerprint density at radius 2 is 2.24 bits per heavy atom. The second-order valence-corrected chi connectivity index (χ2v) is 9.25. The van der Waals surface area contributed by atoms with Gasteiger partial charge in [0.2, 0.25) is 5.91 Å². The molecule has 6 nitrogen and oxygen atoms in total. The number of fused-ring (bicyclic) bond motifs is 3. The van der Waals surface area contributed by atoms with Crippen molar-refractivity contribution in [1.82, 2.24) is 19.9 Å². The molecule has 8 heteroatoms. The SMILES string of the molecule is CC1CCc2c(sc3nc(CCC(=O)N(C)Cc4ccc(Cl)nc4)[nH]c(=O)c23)C1. The number of aromatic nitrogens is 3. The van der Waals surface area contributed by atoms with Gasteiger partial charge in [-0.05, 0) is 42.4 Å². The Kier molecular flexibility index (Phi) is 5.69. The maximum Gasteiger partial charge on any atom is 0.259 e. The van der Waals surface area contributed by atoms with Crippen molar-refractivity contribution >= 4 is 39.1 Å². The Morgan fingerprint density at radius 1 is 1.41 bits per heavy atom. The van der Waals surface area contributed by atoms with E-state index in [2.05, 4.69) is 21.9 Å². The molecule has 4 rings (SSSR count). The molecule has 0 spiro atoms. The van der Waals surface area contributed by atoms with Gasteiger partial charge in [-0.2, -0.15) is 0 Å². The number of aromatic amines is 1. The number of nitrogens with zero attached hydrogens (tertiary/aromatic N) is 3. The van der Waals surface area contributed by atoms with E-state index in [0.717, 1.165) is 35.0 Å². The molecule has 3 aromatic rings.